The SMILES string of the molecule is C=CCNCCCCOc1ccc(Cl)cc1C(C)(C)C. The van der Waals surface area contributed by atoms with Crippen LogP contribution < -0.4 is 10.1 Å². The molecule has 0 amide bonds. The van der Waals surface area contributed by atoms with Gasteiger partial charge < -0.3 is 10.1 Å². The van der Waals surface area contributed by atoms with Crippen LogP contribution in [0.15, 0.2) is 30.9 Å². The smallest absolute Gasteiger partial charge is 0.123 e. The van der Waals surface area contributed by atoms with Gasteiger partial charge in [0, 0.05) is 17.1 Å². The fourth-order valence-electron chi connectivity index (χ4n) is 1.95. The van der Waals surface area contributed by atoms with E-state index in [4.69, 9.17) is 16.3 Å². The van der Waals surface area contributed by atoms with Crippen molar-refractivity contribution in [2.45, 2.75) is 39.0 Å². The minimum atomic E-state index is 0.0335. The van der Waals surface area contributed by atoms with Crippen LogP contribution in [0.4, 0.5) is 0 Å². The van der Waals surface area contributed by atoms with E-state index in [2.05, 4.69) is 32.7 Å². The van der Waals surface area contributed by atoms with Gasteiger partial charge in [0.15, 0.2) is 0 Å². The summed E-state index contributed by atoms with van der Waals surface area (Å²) in [4.78, 5) is 0. The molecule has 1 aromatic rings. The summed E-state index contributed by atoms with van der Waals surface area (Å²) in [6.07, 6.45) is 4.02. The largest absolute Gasteiger partial charge is 0.493 e. The van der Waals surface area contributed by atoms with Crippen molar-refractivity contribution in [2.75, 3.05) is 19.7 Å². The molecule has 1 rings (SSSR count). The van der Waals surface area contributed by atoms with Gasteiger partial charge in [0.1, 0.15) is 5.75 Å². The first-order valence-electron chi connectivity index (χ1n) is 7.19. The molecule has 0 radical (unpaired) electrons. The van der Waals surface area contributed by atoms with Gasteiger partial charge in [0.2, 0.25) is 0 Å². The minimum Gasteiger partial charge on any atom is -0.493 e. The molecule has 1 N–H and O–H groups in total. The average molecular weight is 296 g/mol. The Kier molecular flexibility index (Phi) is 7.11. The van der Waals surface area contributed by atoms with Crippen LogP contribution in [0.1, 0.15) is 39.2 Å². The van der Waals surface area contributed by atoms with Crippen LogP contribution in [-0.4, -0.2) is 19.7 Å². The van der Waals surface area contributed by atoms with Crippen molar-refractivity contribution in [3.8, 4) is 5.75 Å². The predicted octanol–water partition coefficient (Wildman–Crippen LogP) is 4.57. The molecule has 0 bridgehead atoms. The lowest BCUT2D eigenvalue weighted by Gasteiger charge is -2.23. The van der Waals surface area contributed by atoms with Crippen LogP contribution in [0.3, 0.4) is 0 Å². The molecule has 0 fully saturated rings. The molecule has 20 heavy (non-hydrogen) atoms. The molecule has 0 saturated carbocycles. The van der Waals surface area contributed by atoms with Gasteiger partial charge in [-0.05, 0) is 43.0 Å². The highest BCUT2D eigenvalue weighted by Crippen LogP contribution is 2.33. The molecule has 0 aromatic heterocycles. The fourth-order valence-corrected chi connectivity index (χ4v) is 2.12. The first kappa shape index (κ1) is 17.1. The molecule has 0 unspecified atom stereocenters. The van der Waals surface area contributed by atoms with Crippen molar-refractivity contribution in [2.24, 2.45) is 0 Å². The normalized spacial score (nSPS) is 11.4. The van der Waals surface area contributed by atoms with Crippen molar-refractivity contribution >= 4 is 11.6 Å². The molecule has 1 aromatic carbocycles. The third kappa shape index (κ3) is 5.98. The lowest BCUT2D eigenvalue weighted by molar-refractivity contribution is 0.298. The standard InChI is InChI=1S/C17H26ClNO/c1-5-10-19-11-6-7-12-20-16-9-8-14(18)13-15(16)17(2,3)4/h5,8-9,13,19H,1,6-7,10-12H2,2-4H3. The molecule has 0 saturated heterocycles. The monoisotopic (exact) mass is 295 g/mol. The van der Waals surface area contributed by atoms with Crippen LogP contribution in [-0.2, 0) is 5.41 Å². The maximum Gasteiger partial charge on any atom is 0.123 e. The Labute approximate surface area is 128 Å². The van der Waals surface area contributed by atoms with E-state index >= 15 is 0 Å². The molecule has 112 valence electrons. The van der Waals surface area contributed by atoms with E-state index in [0.29, 0.717) is 0 Å². The Hall–Kier alpha value is -0.990. The van der Waals surface area contributed by atoms with Crippen LogP contribution in [0.2, 0.25) is 5.02 Å². The first-order chi connectivity index (χ1) is 9.45. The number of unbranched alkanes of at least 4 members (excludes halogenated alkanes) is 1. The number of rotatable bonds is 8. The number of halogens is 1. The maximum atomic E-state index is 6.08. The molecular weight excluding hydrogens is 270 g/mol. The van der Waals surface area contributed by atoms with E-state index in [0.717, 1.165) is 48.9 Å². The second-order valence-corrected chi connectivity index (χ2v) is 6.38. The van der Waals surface area contributed by atoms with Crippen molar-refractivity contribution in [3.05, 3.63) is 41.4 Å². The third-order valence-electron chi connectivity index (χ3n) is 3.04. The summed E-state index contributed by atoms with van der Waals surface area (Å²) >= 11 is 6.08. The third-order valence-corrected chi connectivity index (χ3v) is 3.28. The minimum absolute atomic E-state index is 0.0335. The summed E-state index contributed by atoms with van der Waals surface area (Å²) in [5.41, 5.74) is 1.20. The molecule has 2 nitrogen and oxygen atoms in total. The first-order valence-corrected chi connectivity index (χ1v) is 7.57. The topological polar surface area (TPSA) is 21.3 Å². The van der Waals surface area contributed by atoms with Crippen LogP contribution in [0.5, 0.6) is 5.75 Å². The Balaban J connectivity index is 2.46. The van der Waals surface area contributed by atoms with Crippen LogP contribution in [0, 0.1) is 0 Å². The number of nitrogens with one attached hydrogen (secondary N) is 1. The quantitative estimate of drug-likeness (QED) is 0.560. The van der Waals surface area contributed by atoms with Crippen molar-refractivity contribution in [1.82, 2.24) is 5.32 Å². The van der Waals surface area contributed by atoms with E-state index in [1.807, 2.05) is 24.3 Å². The zero-order valence-corrected chi connectivity index (χ0v) is 13.6. The van der Waals surface area contributed by atoms with Gasteiger partial charge >= 0.3 is 0 Å². The lowest BCUT2D eigenvalue weighted by atomic mass is 9.86. The summed E-state index contributed by atoms with van der Waals surface area (Å²) < 4.78 is 5.92. The molecule has 3 heteroatoms. The maximum absolute atomic E-state index is 6.08. The van der Waals surface area contributed by atoms with Crippen molar-refractivity contribution in [3.63, 3.8) is 0 Å². The zero-order valence-electron chi connectivity index (χ0n) is 12.8. The molecule has 0 aliphatic carbocycles. The second-order valence-electron chi connectivity index (χ2n) is 5.94. The van der Waals surface area contributed by atoms with Gasteiger partial charge in [0.05, 0.1) is 6.61 Å². The number of hydrogen-bond acceptors (Lipinski definition) is 2. The molecule has 0 aliphatic rings. The van der Waals surface area contributed by atoms with Gasteiger partial charge in [-0.25, -0.2) is 0 Å². The zero-order chi connectivity index (χ0) is 15.0. The van der Waals surface area contributed by atoms with Crippen LogP contribution in [0.25, 0.3) is 0 Å². The predicted molar refractivity (Wildman–Crippen MR) is 87.9 cm³/mol. The fraction of sp³-hybridized carbons (Fsp3) is 0.529. The van der Waals surface area contributed by atoms with E-state index in [-0.39, 0.29) is 5.41 Å². The second kappa shape index (κ2) is 8.33. The van der Waals surface area contributed by atoms with Gasteiger partial charge in [-0.15, -0.1) is 6.58 Å². The highest BCUT2D eigenvalue weighted by molar-refractivity contribution is 6.30. The Morgan fingerprint density at radius 3 is 2.70 bits per heavy atom. The van der Waals surface area contributed by atoms with Crippen LogP contribution >= 0.6 is 11.6 Å². The summed E-state index contributed by atoms with van der Waals surface area (Å²) in [5.74, 6) is 0.945. The molecule has 0 atom stereocenters. The summed E-state index contributed by atoms with van der Waals surface area (Å²) in [5, 5.41) is 4.05. The summed E-state index contributed by atoms with van der Waals surface area (Å²) in [7, 11) is 0. The molecule has 0 heterocycles. The Bertz CT molecular complexity index is 423. The van der Waals surface area contributed by atoms with E-state index in [1.54, 1.807) is 0 Å². The number of hydrogen-bond donors (Lipinski definition) is 1. The van der Waals surface area contributed by atoms with Crippen molar-refractivity contribution < 1.29 is 4.74 Å². The van der Waals surface area contributed by atoms with Gasteiger partial charge in [-0.2, -0.15) is 0 Å². The summed E-state index contributed by atoms with van der Waals surface area (Å²) in [6, 6.07) is 5.86. The average Bonchev–Trinajstić information content (AvgIpc) is 2.38. The molecule has 0 aliphatic heterocycles. The molecule has 0 spiro atoms. The highest BCUT2D eigenvalue weighted by atomic mass is 35.5. The summed E-state index contributed by atoms with van der Waals surface area (Å²) in [6.45, 7) is 12.8. The number of ether oxygens (including phenoxy) is 1. The van der Waals surface area contributed by atoms with E-state index in [9.17, 15) is 0 Å². The lowest BCUT2D eigenvalue weighted by Crippen LogP contribution is -2.16. The van der Waals surface area contributed by atoms with Crippen molar-refractivity contribution in [1.29, 1.82) is 0 Å². The number of benzene rings is 1. The Morgan fingerprint density at radius 2 is 2.05 bits per heavy atom. The highest BCUT2D eigenvalue weighted by Gasteiger charge is 2.19. The Morgan fingerprint density at radius 1 is 1.30 bits per heavy atom. The van der Waals surface area contributed by atoms with E-state index < -0.39 is 0 Å². The van der Waals surface area contributed by atoms with Gasteiger partial charge in [-0.3, -0.25) is 0 Å². The van der Waals surface area contributed by atoms with E-state index in [1.165, 1.54) is 0 Å². The van der Waals surface area contributed by atoms with Gasteiger partial charge in [-0.1, -0.05) is 38.4 Å². The van der Waals surface area contributed by atoms with Gasteiger partial charge in [0.25, 0.3) is 0 Å². The molecular formula is C17H26ClNO.